The summed E-state index contributed by atoms with van der Waals surface area (Å²) in [5.41, 5.74) is 0.383. The molecule has 0 aromatic heterocycles. The molecular formula is C33H49NO8. The van der Waals surface area contributed by atoms with Gasteiger partial charge in [-0.05, 0) is 42.7 Å². The van der Waals surface area contributed by atoms with E-state index in [4.69, 9.17) is 9.47 Å². The highest BCUT2D eigenvalue weighted by atomic mass is 16.5. The van der Waals surface area contributed by atoms with Crippen LogP contribution in [0.25, 0.3) is 0 Å². The van der Waals surface area contributed by atoms with Crippen LogP contribution in [0.1, 0.15) is 82.6 Å². The minimum atomic E-state index is -0.828. The fourth-order valence-electron chi connectivity index (χ4n) is 4.98. The van der Waals surface area contributed by atoms with Gasteiger partial charge in [-0.1, -0.05) is 59.1 Å². The number of phenolic OH excluding ortho intramolecular Hbond substituents is 1. The zero-order chi connectivity index (χ0) is 31.4. The minimum absolute atomic E-state index is 0.0307. The average Bonchev–Trinajstić information content (AvgIpc) is 2.95. The lowest BCUT2D eigenvalue weighted by Gasteiger charge is -2.30. The SMILES string of the molecule is CCC[C@H](O)[C@@H](C)C(=O)NC/C=C\C[C@@H](C)[C@@H](O)[C@H](C)[C@@H]1CC#CC[C@H](C)[C@H](O)Cc2cc(OC)cc(O)c2C(=O)O1. The monoisotopic (exact) mass is 587 g/mol. The Kier molecular flexibility index (Phi) is 14.3. The number of aliphatic hydroxyl groups excluding tert-OH is 3. The molecule has 0 aliphatic carbocycles. The standard InChI is InChI=1S/C33H49NO8/c1-7-12-26(35)22(4)32(39)34-16-11-10-14-21(3)31(38)23(5)29-15-9-8-13-20(2)27(36)18-24-17-25(41-6)19-28(37)30(24)33(40)42-29/h10-11,17,19-23,26-27,29,31,35-38H,7,12-16,18H2,1-6H3,(H,34,39)/b11-10-/t20-,21+,22+,23+,26-,27+,29-,31+/m0/s1. The van der Waals surface area contributed by atoms with Crippen molar-refractivity contribution in [1.82, 2.24) is 5.32 Å². The van der Waals surface area contributed by atoms with Crippen LogP contribution in [0.15, 0.2) is 24.3 Å². The van der Waals surface area contributed by atoms with Crippen LogP contribution in [0.3, 0.4) is 0 Å². The lowest BCUT2D eigenvalue weighted by Crippen LogP contribution is -2.37. The number of methoxy groups -OCH3 is 1. The Labute approximate surface area is 250 Å². The molecule has 0 bridgehead atoms. The zero-order valence-corrected chi connectivity index (χ0v) is 25.8. The summed E-state index contributed by atoms with van der Waals surface area (Å²) in [6.07, 6.45) is 3.33. The predicted octanol–water partition coefficient (Wildman–Crippen LogP) is 3.76. The molecular weight excluding hydrogens is 538 g/mol. The summed E-state index contributed by atoms with van der Waals surface area (Å²) < 4.78 is 11.1. The van der Waals surface area contributed by atoms with Gasteiger partial charge in [0.15, 0.2) is 0 Å². The molecule has 0 spiro atoms. The molecule has 0 radical (unpaired) electrons. The number of amides is 1. The van der Waals surface area contributed by atoms with E-state index in [2.05, 4.69) is 17.2 Å². The molecule has 2 rings (SSSR count). The van der Waals surface area contributed by atoms with Crippen molar-refractivity contribution in [2.45, 2.75) is 97.6 Å². The van der Waals surface area contributed by atoms with Crippen molar-refractivity contribution >= 4 is 11.9 Å². The molecule has 1 aliphatic heterocycles. The van der Waals surface area contributed by atoms with Gasteiger partial charge in [-0.3, -0.25) is 4.79 Å². The van der Waals surface area contributed by atoms with Gasteiger partial charge in [0.1, 0.15) is 23.2 Å². The summed E-state index contributed by atoms with van der Waals surface area (Å²) in [6, 6.07) is 2.95. The fraction of sp³-hybridized carbons (Fsp3) is 0.636. The average molecular weight is 588 g/mol. The van der Waals surface area contributed by atoms with Crippen LogP contribution in [-0.4, -0.2) is 70.4 Å². The second kappa shape index (κ2) is 17.2. The molecule has 9 heteroatoms. The smallest absolute Gasteiger partial charge is 0.342 e. The van der Waals surface area contributed by atoms with Crippen LogP contribution >= 0.6 is 0 Å². The fourth-order valence-corrected chi connectivity index (χ4v) is 4.98. The second-order valence-electron chi connectivity index (χ2n) is 11.6. The van der Waals surface area contributed by atoms with E-state index >= 15 is 0 Å². The van der Waals surface area contributed by atoms with Gasteiger partial charge < -0.3 is 35.2 Å². The number of hydrogen-bond donors (Lipinski definition) is 5. The number of carbonyl (C=O) groups is 2. The van der Waals surface area contributed by atoms with Gasteiger partial charge in [0.05, 0.1) is 31.3 Å². The maximum atomic E-state index is 13.4. The molecule has 0 fully saturated rings. The van der Waals surface area contributed by atoms with E-state index in [1.54, 1.807) is 19.9 Å². The van der Waals surface area contributed by atoms with Crippen molar-refractivity contribution in [3.05, 3.63) is 35.4 Å². The number of allylic oxidation sites excluding steroid dienone is 1. The Balaban J connectivity index is 2.11. The van der Waals surface area contributed by atoms with E-state index in [0.717, 1.165) is 6.42 Å². The number of hydrogen-bond acceptors (Lipinski definition) is 8. The number of ether oxygens (including phenoxy) is 2. The molecule has 1 aliphatic rings. The van der Waals surface area contributed by atoms with Gasteiger partial charge >= 0.3 is 5.97 Å². The van der Waals surface area contributed by atoms with Crippen LogP contribution in [0.2, 0.25) is 0 Å². The number of carbonyl (C=O) groups excluding carboxylic acids is 2. The molecule has 8 atom stereocenters. The Hall–Kier alpha value is -3.06. The van der Waals surface area contributed by atoms with Crippen molar-refractivity contribution in [3.8, 4) is 23.3 Å². The summed E-state index contributed by atoms with van der Waals surface area (Å²) >= 11 is 0. The number of aliphatic hydroxyl groups is 3. The number of rotatable bonds is 12. The lowest BCUT2D eigenvalue weighted by atomic mass is 9.86. The van der Waals surface area contributed by atoms with Crippen molar-refractivity contribution in [1.29, 1.82) is 0 Å². The number of esters is 1. The number of aromatic hydroxyl groups is 1. The zero-order valence-electron chi connectivity index (χ0n) is 25.8. The number of fused-ring (bicyclic) bond motifs is 1. The van der Waals surface area contributed by atoms with E-state index in [1.807, 2.05) is 32.9 Å². The molecule has 5 N–H and O–H groups in total. The molecule has 1 heterocycles. The van der Waals surface area contributed by atoms with Crippen molar-refractivity contribution in [3.63, 3.8) is 0 Å². The Bertz CT molecular complexity index is 1120. The first-order chi connectivity index (χ1) is 19.9. The van der Waals surface area contributed by atoms with Crippen LogP contribution in [0.5, 0.6) is 11.5 Å². The van der Waals surface area contributed by atoms with Crippen LogP contribution in [0.4, 0.5) is 0 Å². The molecule has 1 amide bonds. The third-order valence-electron chi connectivity index (χ3n) is 8.16. The predicted molar refractivity (Wildman–Crippen MR) is 161 cm³/mol. The normalized spacial score (nSPS) is 23.1. The first-order valence-electron chi connectivity index (χ1n) is 14.9. The van der Waals surface area contributed by atoms with E-state index < -0.39 is 42.2 Å². The van der Waals surface area contributed by atoms with Crippen LogP contribution in [-0.2, 0) is 16.0 Å². The molecule has 1 aromatic rings. The minimum Gasteiger partial charge on any atom is -0.507 e. The van der Waals surface area contributed by atoms with Gasteiger partial charge in [0.25, 0.3) is 0 Å². The summed E-state index contributed by atoms with van der Waals surface area (Å²) in [4.78, 5) is 25.6. The number of benzene rings is 1. The third-order valence-corrected chi connectivity index (χ3v) is 8.16. The van der Waals surface area contributed by atoms with Gasteiger partial charge in [-0.15, -0.1) is 5.92 Å². The van der Waals surface area contributed by atoms with Gasteiger partial charge in [0.2, 0.25) is 5.91 Å². The highest BCUT2D eigenvalue weighted by molar-refractivity contribution is 5.94. The van der Waals surface area contributed by atoms with Crippen molar-refractivity contribution < 1.29 is 39.5 Å². The quantitative estimate of drug-likeness (QED) is 0.141. The summed E-state index contributed by atoms with van der Waals surface area (Å²) in [6.45, 7) is 9.56. The molecule has 0 saturated heterocycles. The number of nitrogens with one attached hydrogen (secondary N) is 1. The summed E-state index contributed by atoms with van der Waals surface area (Å²) in [5.74, 6) is 3.90. The highest BCUT2D eigenvalue weighted by Gasteiger charge is 2.32. The molecule has 0 unspecified atom stereocenters. The maximum Gasteiger partial charge on any atom is 0.342 e. The molecule has 42 heavy (non-hydrogen) atoms. The van der Waals surface area contributed by atoms with Crippen molar-refractivity contribution in [2.24, 2.45) is 23.7 Å². The number of phenols is 1. The van der Waals surface area contributed by atoms with E-state index in [1.165, 1.54) is 13.2 Å². The van der Waals surface area contributed by atoms with Crippen LogP contribution in [0, 0.1) is 35.5 Å². The largest absolute Gasteiger partial charge is 0.507 e. The summed E-state index contributed by atoms with van der Waals surface area (Å²) in [7, 11) is 1.45. The molecule has 234 valence electrons. The Morgan fingerprint density at radius 3 is 2.55 bits per heavy atom. The van der Waals surface area contributed by atoms with E-state index in [9.17, 15) is 30.0 Å². The maximum absolute atomic E-state index is 13.4. The van der Waals surface area contributed by atoms with Gasteiger partial charge in [-0.25, -0.2) is 4.79 Å². The first kappa shape index (κ1) is 35.1. The highest BCUT2D eigenvalue weighted by Crippen LogP contribution is 2.32. The van der Waals surface area contributed by atoms with Crippen LogP contribution < -0.4 is 10.1 Å². The lowest BCUT2D eigenvalue weighted by molar-refractivity contribution is -0.127. The van der Waals surface area contributed by atoms with E-state index in [-0.39, 0.29) is 41.9 Å². The third kappa shape index (κ3) is 10.0. The van der Waals surface area contributed by atoms with E-state index in [0.29, 0.717) is 37.1 Å². The number of cyclic esters (lactones) is 1. The molecule has 1 aromatic carbocycles. The Morgan fingerprint density at radius 2 is 1.88 bits per heavy atom. The first-order valence-corrected chi connectivity index (χ1v) is 14.9. The van der Waals surface area contributed by atoms with Gasteiger partial charge in [-0.2, -0.15) is 0 Å². The van der Waals surface area contributed by atoms with Crippen molar-refractivity contribution in [2.75, 3.05) is 13.7 Å². The topological polar surface area (TPSA) is 146 Å². The molecule has 0 saturated carbocycles. The second-order valence-corrected chi connectivity index (χ2v) is 11.6. The van der Waals surface area contributed by atoms with Gasteiger partial charge in [0, 0.05) is 31.4 Å². The molecule has 9 nitrogen and oxygen atoms in total. The Morgan fingerprint density at radius 1 is 1.19 bits per heavy atom. The summed E-state index contributed by atoms with van der Waals surface area (Å²) in [5, 5.41) is 45.4.